The van der Waals surface area contributed by atoms with E-state index in [0.717, 1.165) is 0 Å². The van der Waals surface area contributed by atoms with Crippen LogP contribution in [0.25, 0.3) is 0 Å². The summed E-state index contributed by atoms with van der Waals surface area (Å²) in [6.45, 7) is 9.27. The van der Waals surface area contributed by atoms with Gasteiger partial charge in [-0.2, -0.15) is 12.7 Å². The number of aromatic nitrogens is 1. The van der Waals surface area contributed by atoms with Gasteiger partial charge in [0.15, 0.2) is 0 Å². The van der Waals surface area contributed by atoms with Crippen molar-refractivity contribution in [1.82, 2.24) is 14.2 Å². The van der Waals surface area contributed by atoms with Crippen LogP contribution in [0.4, 0.5) is 10.5 Å². The molecule has 1 amide bonds. The molecule has 1 aromatic heterocycles. The molecule has 2 aromatic rings. The number of amides is 1. The molecule has 1 fully saturated rings. The van der Waals surface area contributed by atoms with Crippen LogP contribution in [0, 0.1) is 0 Å². The van der Waals surface area contributed by atoms with Gasteiger partial charge < -0.3 is 14.4 Å². The molecule has 0 radical (unpaired) electrons. The van der Waals surface area contributed by atoms with Gasteiger partial charge in [0, 0.05) is 31.4 Å². The molecule has 0 N–H and O–H groups in total. The van der Waals surface area contributed by atoms with E-state index in [1.807, 2.05) is 13.8 Å². The lowest BCUT2D eigenvalue weighted by molar-refractivity contribution is -0.00502. The molecular formula is C25H34N4O6S. The lowest BCUT2D eigenvalue weighted by atomic mass is 10.1. The van der Waals surface area contributed by atoms with Gasteiger partial charge in [0.05, 0.1) is 31.1 Å². The molecule has 2 atom stereocenters. The van der Waals surface area contributed by atoms with Crippen LogP contribution in [0.15, 0.2) is 48.8 Å². The Morgan fingerprint density at radius 2 is 1.69 bits per heavy atom. The molecule has 10 nitrogen and oxygen atoms in total. The minimum Gasteiger partial charge on any atom is -0.465 e. The average molecular weight is 519 g/mol. The van der Waals surface area contributed by atoms with Crippen molar-refractivity contribution in [3.8, 4) is 0 Å². The number of piperazine rings is 1. The van der Waals surface area contributed by atoms with Gasteiger partial charge in [-0.15, -0.1) is 0 Å². The quantitative estimate of drug-likeness (QED) is 0.539. The molecule has 0 unspecified atom stereocenters. The van der Waals surface area contributed by atoms with Crippen LogP contribution in [0.2, 0.25) is 0 Å². The first-order valence-corrected chi connectivity index (χ1v) is 13.1. The van der Waals surface area contributed by atoms with Gasteiger partial charge in [-0.25, -0.2) is 9.59 Å². The molecule has 1 aromatic carbocycles. The van der Waals surface area contributed by atoms with Crippen LogP contribution in [0.1, 0.15) is 50.5 Å². The van der Waals surface area contributed by atoms with E-state index >= 15 is 0 Å². The summed E-state index contributed by atoms with van der Waals surface area (Å²) >= 11 is 0. The molecule has 0 spiro atoms. The monoisotopic (exact) mass is 518 g/mol. The zero-order chi connectivity index (χ0) is 26.7. The zero-order valence-corrected chi connectivity index (χ0v) is 22.4. The van der Waals surface area contributed by atoms with E-state index < -0.39 is 40.0 Å². The van der Waals surface area contributed by atoms with Gasteiger partial charge in [-0.3, -0.25) is 9.29 Å². The summed E-state index contributed by atoms with van der Waals surface area (Å²) in [5.41, 5.74) is 0.811. The number of ether oxygens (including phenoxy) is 2. The largest absolute Gasteiger partial charge is 0.465 e. The lowest BCUT2D eigenvalue weighted by Crippen LogP contribution is -2.62. The highest BCUT2D eigenvalue weighted by Crippen LogP contribution is 2.27. The number of carbonyl (C=O) groups excluding carboxylic acids is 2. The number of carbonyl (C=O) groups is 2. The molecule has 3 rings (SSSR count). The Hall–Kier alpha value is -3.18. The number of anilines is 1. The number of hydrogen-bond acceptors (Lipinski definition) is 7. The molecule has 11 heteroatoms. The molecule has 1 saturated heterocycles. The molecule has 36 heavy (non-hydrogen) atoms. The third-order valence-electron chi connectivity index (χ3n) is 5.73. The number of rotatable bonds is 6. The highest BCUT2D eigenvalue weighted by molar-refractivity contribution is 7.90. The lowest BCUT2D eigenvalue weighted by Gasteiger charge is -2.45. The van der Waals surface area contributed by atoms with Crippen molar-refractivity contribution in [3.63, 3.8) is 0 Å². The standard InChI is InChI=1S/C25H34N4O6S/c1-18-15-27(16-19(2)29(18)24(31)35-25(3,4)5)36(32,33)28(22-8-7-13-26-14-22)17-20-9-11-21(12-10-20)23(30)34-6/h7-14,18-19H,15-17H2,1-6H3/t18-,19+. The summed E-state index contributed by atoms with van der Waals surface area (Å²) in [5.74, 6) is -0.468. The summed E-state index contributed by atoms with van der Waals surface area (Å²) in [6, 6.07) is 9.13. The van der Waals surface area contributed by atoms with Gasteiger partial charge in [0.25, 0.3) is 0 Å². The maximum atomic E-state index is 13.9. The summed E-state index contributed by atoms with van der Waals surface area (Å²) in [6.07, 6.45) is 2.60. The van der Waals surface area contributed by atoms with Gasteiger partial charge >= 0.3 is 22.3 Å². The normalized spacial score (nSPS) is 19.0. The fourth-order valence-electron chi connectivity index (χ4n) is 4.11. The van der Waals surface area contributed by atoms with E-state index in [1.165, 1.54) is 21.9 Å². The summed E-state index contributed by atoms with van der Waals surface area (Å²) in [5, 5.41) is 0. The van der Waals surface area contributed by atoms with E-state index in [4.69, 9.17) is 9.47 Å². The molecule has 2 heterocycles. The number of nitrogens with zero attached hydrogens (tertiary/aromatic N) is 4. The maximum Gasteiger partial charge on any atom is 0.410 e. The van der Waals surface area contributed by atoms with Gasteiger partial charge in [-0.1, -0.05) is 12.1 Å². The zero-order valence-electron chi connectivity index (χ0n) is 21.5. The first-order valence-electron chi connectivity index (χ1n) is 11.7. The number of hydrogen-bond donors (Lipinski definition) is 0. The van der Waals surface area contributed by atoms with E-state index in [2.05, 4.69) is 4.98 Å². The highest BCUT2D eigenvalue weighted by Gasteiger charge is 2.41. The Bertz CT molecular complexity index is 1150. The van der Waals surface area contributed by atoms with Crippen LogP contribution in [-0.2, 0) is 26.2 Å². The smallest absolute Gasteiger partial charge is 0.410 e. The second-order valence-corrected chi connectivity index (χ2v) is 11.7. The van der Waals surface area contributed by atoms with Crippen LogP contribution in [-0.4, -0.2) is 72.6 Å². The van der Waals surface area contributed by atoms with Crippen molar-refractivity contribution in [1.29, 1.82) is 0 Å². The van der Waals surface area contributed by atoms with E-state index in [0.29, 0.717) is 16.8 Å². The van der Waals surface area contributed by atoms with Crippen molar-refractivity contribution in [2.75, 3.05) is 24.5 Å². The second kappa shape index (κ2) is 10.8. The average Bonchev–Trinajstić information content (AvgIpc) is 2.81. The number of methoxy groups -OCH3 is 1. The third-order valence-corrected chi connectivity index (χ3v) is 7.58. The number of pyridine rings is 1. The third kappa shape index (κ3) is 6.33. The van der Waals surface area contributed by atoms with Gasteiger partial charge in [0.2, 0.25) is 0 Å². The Morgan fingerprint density at radius 3 is 2.19 bits per heavy atom. The second-order valence-electron chi connectivity index (χ2n) is 9.82. The predicted octanol–water partition coefficient (Wildman–Crippen LogP) is 3.45. The summed E-state index contributed by atoms with van der Waals surface area (Å²) < 4.78 is 40.8. The fourth-order valence-corrected chi connectivity index (χ4v) is 5.89. The molecule has 1 aliphatic rings. The molecule has 0 saturated carbocycles. The van der Waals surface area contributed by atoms with Crippen molar-refractivity contribution >= 4 is 28.0 Å². The first kappa shape index (κ1) is 27.4. The van der Waals surface area contributed by atoms with Crippen molar-refractivity contribution in [3.05, 3.63) is 59.9 Å². The maximum absolute atomic E-state index is 13.9. The Balaban J connectivity index is 1.87. The van der Waals surface area contributed by atoms with Crippen molar-refractivity contribution in [2.24, 2.45) is 0 Å². The highest BCUT2D eigenvalue weighted by atomic mass is 32.2. The summed E-state index contributed by atoms with van der Waals surface area (Å²) in [7, 11) is -2.70. The SMILES string of the molecule is COC(=O)c1ccc(CN(c2cccnc2)S(=O)(=O)N2C[C@@H](C)N(C(=O)OC(C)(C)C)[C@@H](C)C2)cc1. The summed E-state index contributed by atoms with van der Waals surface area (Å²) in [4.78, 5) is 30.2. The minimum atomic E-state index is -4.00. The van der Waals surface area contributed by atoms with Crippen molar-refractivity contribution in [2.45, 2.75) is 58.8 Å². The molecule has 0 bridgehead atoms. The van der Waals surface area contributed by atoms with Crippen LogP contribution in [0.5, 0.6) is 0 Å². The van der Waals surface area contributed by atoms with E-state index in [1.54, 1.807) is 68.3 Å². The molecule has 0 aliphatic carbocycles. The Morgan fingerprint density at radius 1 is 1.08 bits per heavy atom. The first-order chi connectivity index (χ1) is 16.8. The van der Waals surface area contributed by atoms with Gasteiger partial charge in [0.1, 0.15) is 5.60 Å². The van der Waals surface area contributed by atoms with Crippen molar-refractivity contribution < 1.29 is 27.5 Å². The fraction of sp³-hybridized carbons (Fsp3) is 0.480. The van der Waals surface area contributed by atoms with E-state index in [9.17, 15) is 18.0 Å². The van der Waals surface area contributed by atoms with Crippen LogP contribution < -0.4 is 4.31 Å². The van der Waals surface area contributed by atoms with E-state index in [-0.39, 0.29) is 19.6 Å². The van der Waals surface area contributed by atoms with Crippen LogP contribution in [0.3, 0.4) is 0 Å². The number of benzene rings is 1. The molecule has 196 valence electrons. The Kier molecular flexibility index (Phi) is 8.25. The van der Waals surface area contributed by atoms with Gasteiger partial charge in [-0.05, 0) is 64.4 Å². The predicted molar refractivity (Wildman–Crippen MR) is 136 cm³/mol. The number of esters is 1. The molecule has 1 aliphatic heterocycles. The topological polar surface area (TPSA) is 109 Å². The Labute approximate surface area is 213 Å². The minimum absolute atomic E-state index is 0.0323. The molecular weight excluding hydrogens is 484 g/mol. The van der Waals surface area contributed by atoms with Crippen LogP contribution >= 0.6 is 0 Å².